The third-order valence-electron chi connectivity index (χ3n) is 4.64. The lowest BCUT2D eigenvalue weighted by atomic mass is 10.2. The van der Waals surface area contributed by atoms with E-state index in [1.807, 2.05) is 0 Å². The standard InChI is InChI=1S/C23H16F2N2O4S/c1-15-21(32(29,30)17-11-6-3-7-12-17)22(27(26-15)16-9-4-2-5-10-16)31-23(28)20-18(24)13-8-14-19(20)25/h2-14H,1H3. The molecule has 0 aliphatic rings. The maximum atomic E-state index is 14.2. The van der Waals surface area contributed by atoms with Crippen LogP contribution in [0.3, 0.4) is 0 Å². The molecule has 32 heavy (non-hydrogen) atoms. The molecule has 3 aromatic carbocycles. The predicted octanol–water partition coefficient (Wildman–Crippen LogP) is 4.51. The monoisotopic (exact) mass is 454 g/mol. The van der Waals surface area contributed by atoms with Crippen molar-refractivity contribution in [2.75, 3.05) is 0 Å². The number of aromatic nitrogens is 2. The second kappa shape index (κ2) is 8.35. The van der Waals surface area contributed by atoms with Crippen LogP contribution < -0.4 is 4.74 Å². The molecule has 1 aromatic heterocycles. The average molecular weight is 454 g/mol. The average Bonchev–Trinajstić information content (AvgIpc) is 3.11. The Hall–Kier alpha value is -3.85. The van der Waals surface area contributed by atoms with Crippen molar-refractivity contribution in [3.05, 3.63) is 102 Å². The van der Waals surface area contributed by atoms with Gasteiger partial charge in [-0.05, 0) is 43.3 Å². The largest absolute Gasteiger partial charge is 0.402 e. The second-order valence-electron chi connectivity index (χ2n) is 6.77. The second-order valence-corrected chi connectivity index (χ2v) is 8.66. The molecule has 1 heterocycles. The van der Waals surface area contributed by atoms with Crippen LogP contribution in [0.25, 0.3) is 5.69 Å². The van der Waals surface area contributed by atoms with Gasteiger partial charge in [-0.2, -0.15) is 9.78 Å². The van der Waals surface area contributed by atoms with Gasteiger partial charge in [0.1, 0.15) is 17.2 Å². The van der Waals surface area contributed by atoms with Gasteiger partial charge in [0.2, 0.25) is 15.7 Å². The van der Waals surface area contributed by atoms with Crippen molar-refractivity contribution in [3.8, 4) is 11.6 Å². The summed E-state index contributed by atoms with van der Waals surface area (Å²) in [5, 5.41) is 4.24. The molecule has 0 saturated heterocycles. The summed E-state index contributed by atoms with van der Waals surface area (Å²) < 4.78 is 61.5. The maximum Gasteiger partial charge on any atom is 0.350 e. The molecule has 0 atom stereocenters. The molecule has 0 fully saturated rings. The zero-order valence-corrected chi connectivity index (χ0v) is 17.5. The van der Waals surface area contributed by atoms with Crippen LogP contribution in [0.4, 0.5) is 8.78 Å². The smallest absolute Gasteiger partial charge is 0.350 e. The van der Waals surface area contributed by atoms with E-state index in [9.17, 15) is 22.0 Å². The van der Waals surface area contributed by atoms with E-state index in [1.165, 1.54) is 19.1 Å². The number of para-hydroxylation sites is 1. The van der Waals surface area contributed by atoms with E-state index in [1.54, 1.807) is 48.5 Å². The molecule has 0 spiro atoms. The minimum atomic E-state index is -4.18. The summed E-state index contributed by atoms with van der Waals surface area (Å²) in [7, 11) is -4.18. The summed E-state index contributed by atoms with van der Waals surface area (Å²) in [4.78, 5) is 12.3. The molecule has 0 aliphatic heterocycles. The number of hydrogen-bond donors (Lipinski definition) is 0. The number of halogens is 2. The zero-order chi connectivity index (χ0) is 22.9. The van der Waals surface area contributed by atoms with Gasteiger partial charge in [0.05, 0.1) is 16.3 Å². The Morgan fingerprint density at radius 2 is 1.44 bits per heavy atom. The Bertz CT molecular complexity index is 1380. The fraction of sp³-hybridized carbons (Fsp3) is 0.0435. The molecule has 0 unspecified atom stereocenters. The highest BCUT2D eigenvalue weighted by molar-refractivity contribution is 7.91. The first-order valence-electron chi connectivity index (χ1n) is 9.42. The van der Waals surface area contributed by atoms with E-state index < -0.39 is 38.9 Å². The Morgan fingerprint density at radius 3 is 2.03 bits per heavy atom. The van der Waals surface area contributed by atoms with Gasteiger partial charge in [-0.3, -0.25) is 0 Å². The molecule has 162 valence electrons. The third-order valence-corrected chi connectivity index (χ3v) is 6.54. The van der Waals surface area contributed by atoms with E-state index >= 15 is 0 Å². The molecular weight excluding hydrogens is 438 g/mol. The number of sulfone groups is 1. The van der Waals surface area contributed by atoms with Crippen LogP contribution in [0.5, 0.6) is 5.88 Å². The molecule has 0 saturated carbocycles. The normalized spacial score (nSPS) is 11.3. The van der Waals surface area contributed by atoms with Crippen LogP contribution in [0, 0.1) is 18.6 Å². The maximum absolute atomic E-state index is 14.2. The van der Waals surface area contributed by atoms with Crippen LogP contribution in [-0.4, -0.2) is 24.2 Å². The molecule has 4 rings (SSSR count). The lowest BCUT2D eigenvalue weighted by molar-refractivity contribution is 0.0708. The lowest BCUT2D eigenvalue weighted by Gasteiger charge is -2.11. The number of carbonyl (C=O) groups excluding carboxylic acids is 1. The van der Waals surface area contributed by atoms with Crippen molar-refractivity contribution >= 4 is 15.8 Å². The number of carbonyl (C=O) groups is 1. The molecule has 4 aromatic rings. The molecule has 0 aliphatic carbocycles. The Morgan fingerprint density at radius 1 is 0.875 bits per heavy atom. The van der Waals surface area contributed by atoms with Crippen LogP contribution in [0.2, 0.25) is 0 Å². The van der Waals surface area contributed by atoms with Gasteiger partial charge >= 0.3 is 5.97 Å². The minimum absolute atomic E-state index is 0.0505. The number of ether oxygens (including phenoxy) is 1. The van der Waals surface area contributed by atoms with Crippen molar-refractivity contribution in [3.63, 3.8) is 0 Å². The molecule has 0 radical (unpaired) electrons. The van der Waals surface area contributed by atoms with Crippen molar-refractivity contribution in [1.82, 2.24) is 9.78 Å². The van der Waals surface area contributed by atoms with Crippen molar-refractivity contribution in [1.29, 1.82) is 0 Å². The summed E-state index contributed by atoms with van der Waals surface area (Å²) in [6, 6.07) is 18.8. The van der Waals surface area contributed by atoms with Crippen molar-refractivity contribution in [2.45, 2.75) is 16.7 Å². The van der Waals surface area contributed by atoms with Crippen LogP contribution >= 0.6 is 0 Å². The highest BCUT2D eigenvalue weighted by Gasteiger charge is 2.33. The Balaban J connectivity index is 1.92. The van der Waals surface area contributed by atoms with Crippen molar-refractivity contribution < 1.29 is 26.7 Å². The molecule has 0 N–H and O–H groups in total. The van der Waals surface area contributed by atoms with Crippen LogP contribution in [-0.2, 0) is 9.84 Å². The van der Waals surface area contributed by atoms with E-state index in [4.69, 9.17) is 4.74 Å². The first kappa shape index (κ1) is 21.4. The van der Waals surface area contributed by atoms with Gasteiger partial charge in [0.25, 0.3) is 0 Å². The first-order chi connectivity index (χ1) is 15.3. The van der Waals surface area contributed by atoms with Gasteiger partial charge in [-0.1, -0.05) is 42.5 Å². The van der Waals surface area contributed by atoms with Gasteiger partial charge < -0.3 is 4.74 Å². The summed E-state index contributed by atoms with van der Waals surface area (Å²) in [6.07, 6.45) is 0. The molecule has 6 nitrogen and oxygen atoms in total. The zero-order valence-electron chi connectivity index (χ0n) is 16.7. The van der Waals surface area contributed by atoms with E-state index in [0.29, 0.717) is 5.69 Å². The van der Waals surface area contributed by atoms with Crippen LogP contribution in [0.15, 0.2) is 88.7 Å². The topological polar surface area (TPSA) is 78.3 Å². The molecular formula is C23H16F2N2O4S. The quantitative estimate of drug-likeness (QED) is 0.415. The predicted molar refractivity (Wildman–Crippen MR) is 112 cm³/mol. The molecule has 0 bridgehead atoms. The van der Waals surface area contributed by atoms with E-state index in [2.05, 4.69) is 5.10 Å². The van der Waals surface area contributed by atoms with Gasteiger partial charge in [0.15, 0.2) is 4.90 Å². The minimum Gasteiger partial charge on any atom is -0.402 e. The van der Waals surface area contributed by atoms with E-state index in [-0.39, 0.29) is 15.5 Å². The number of aryl methyl sites for hydroxylation is 1. The SMILES string of the molecule is Cc1nn(-c2ccccc2)c(OC(=O)c2c(F)cccc2F)c1S(=O)(=O)c1ccccc1. The summed E-state index contributed by atoms with van der Waals surface area (Å²) in [6.45, 7) is 1.44. The van der Waals surface area contributed by atoms with Crippen molar-refractivity contribution in [2.24, 2.45) is 0 Å². The third kappa shape index (κ3) is 3.78. The number of esters is 1. The summed E-state index contributed by atoms with van der Waals surface area (Å²) in [5.41, 5.74) is -0.495. The Kier molecular flexibility index (Phi) is 5.58. The Labute approximate surface area is 182 Å². The number of rotatable bonds is 5. The van der Waals surface area contributed by atoms with Crippen LogP contribution in [0.1, 0.15) is 16.1 Å². The highest BCUT2D eigenvalue weighted by atomic mass is 32.2. The lowest BCUT2D eigenvalue weighted by Crippen LogP contribution is -2.17. The van der Waals surface area contributed by atoms with Gasteiger partial charge in [0, 0.05) is 0 Å². The summed E-state index contributed by atoms with van der Waals surface area (Å²) >= 11 is 0. The fourth-order valence-corrected chi connectivity index (χ4v) is 4.72. The number of hydrogen-bond acceptors (Lipinski definition) is 5. The molecule has 9 heteroatoms. The highest BCUT2D eigenvalue weighted by Crippen LogP contribution is 2.35. The number of benzene rings is 3. The van der Waals surface area contributed by atoms with E-state index in [0.717, 1.165) is 22.9 Å². The van der Waals surface area contributed by atoms with Gasteiger partial charge in [-0.25, -0.2) is 22.0 Å². The first-order valence-corrected chi connectivity index (χ1v) is 10.9. The fourth-order valence-electron chi connectivity index (χ4n) is 3.18. The van der Waals surface area contributed by atoms with Gasteiger partial charge in [-0.15, -0.1) is 0 Å². The number of nitrogens with zero attached hydrogens (tertiary/aromatic N) is 2. The molecule has 0 amide bonds. The summed E-state index contributed by atoms with van der Waals surface area (Å²) in [5.74, 6) is -4.12.